The average Bonchev–Trinajstić information content (AvgIpc) is 3.25. The van der Waals surface area contributed by atoms with Gasteiger partial charge in [-0.05, 0) is 69.0 Å². The summed E-state index contributed by atoms with van der Waals surface area (Å²) in [7, 11) is 0. The second-order valence-electron chi connectivity index (χ2n) is 12.6. The summed E-state index contributed by atoms with van der Waals surface area (Å²) in [4.78, 5) is 43.5. The lowest BCUT2D eigenvalue weighted by molar-refractivity contribution is -0.121. The topological polar surface area (TPSA) is 76.8 Å². The van der Waals surface area contributed by atoms with Crippen molar-refractivity contribution in [2.24, 2.45) is 0 Å². The van der Waals surface area contributed by atoms with Crippen LogP contribution >= 0.6 is 0 Å². The normalized spacial score (nSPS) is 16.0. The Morgan fingerprint density at radius 3 is 1.91 bits per heavy atom. The summed E-state index contributed by atoms with van der Waals surface area (Å²) in [5, 5.41) is 0. The minimum atomic E-state index is -1.39. The average molecular weight is 598 g/mol. The van der Waals surface area contributed by atoms with E-state index in [1.165, 1.54) is 0 Å². The van der Waals surface area contributed by atoms with E-state index in [1.807, 2.05) is 111 Å². The summed E-state index contributed by atoms with van der Waals surface area (Å²) < 4.78 is 12.0. The highest BCUT2D eigenvalue weighted by Crippen LogP contribution is 2.50. The smallest absolute Gasteiger partial charge is 0.421 e. The Labute approximate surface area is 262 Å². The van der Waals surface area contributed by atoms with Crippen LogP contribution in [-0.2, 0) is 21.4 Å². The number of anilines is 1. The first-order chi connectivity index (χ1) is 21.5. The van der Waals surface area contributed by atoms with E-state index in [2.05, 4.69) is 0 Å². The van der Waals surface area contributed by atoms with E-state index >= 15 is 0 Å². The molecule has 1 aliphatic heterocycles. The summed E-state index contributed by atoms with van der Waals surface area (Å²) in [5.41, 5.74) is 3.70. The predicted molar refractivity (Wildman–Crippen MR) is 176 cm³/mol. The van der Waals surface area contributed by atoms with E-state index in [0.717, 1.165) is 27.2 Å². The number of hydrogen-bond donors (Lipinski definition) is 0. The van der Waals surface area contributed by atoms with Gasteiger partial charge < -0.3 is 9.15 Å². The molecular weight excluding hydrogens is 562 g/mol. The zero-order chi connectivity index (χ0) is 31.9. The van der Waals surface area contributed by atoms with E-state index in [0.29, 0.717) is 33.7 Å². The van der Waals surface area contributed by atoms with Crippen LogP contribution in [0.4, 0.5) is 10.5 Å². The van der Waals surface area contributed by atoms with Crippen LogP contribution in [-0.4, -0.2) is 17.6 Å². The van der Waals surface area contributed by atoms with E-state index in [9.17, 15) is 14.4 Å². The second kappa shape index (κ2) is 11.4. The lowest BCUT2D eigenvalue weighted by Gasteiger charge is -2.31. The molecule has 1 aliphatic rings. The first-order valence-corrected chi connectivity index (χ1v) is 15.0. The highest BCUT2D eigenvalue weighted by atomic mass is 16.6. The van der Waals surface area contributed by atoms with Crippen LogP contribution in [0.15, 0.2) is 118 Å². The Bertz CT molecular complexity index is 1950. The van der Waals surface area contributed by atoms with Gasteiger partial charge in [0.15, 0.2) is 0 Å². The molecule has 2 heterocycles. The first kappa shape index (κ1) is 29.8. The summed E-state index contributed by atoms with van der Waals surface area (Å²) in [6.45, 7) is 9.26. The number of nitrogens with zero attached hydrogens (tertiary/aromatic N) is 1. The minimum absolute atomic E-state index is 0.000421. The van der Waals surface area contributed by atoms with Gasteiger partial charge in [0.1, 0.15) is 16.8 Å². The highest BCUT2D eigenvalue weighted by molar-refractivity contribution is 6.22. The number of carbonyl (C=O) groups excluding carboxylic acids is 2. The molecule has 6 rings (SSSR count). The molecule has 0 spiro atoms. The Hall–Kier alpha value is -5.23. The number of rotatable bonds is 5. The maximum Gasteiger partial charge on any atom is 0.421 e. The Morgan fingerprint density at radius 2 is 1.31 bits per heavy atom. The molecule has 1 atom stereocenters. The number of carbonyl (C=O) groups is 2. The molecule has 0 radical (unpaired) electrons. The van der Waals surface area contributed by atoms with Gasteiger partial charge in [-0.2, -0.15) is 0 Å². The number of hydrogen-bond acceptors (Lipinski definition) is 5. The van der Waals surface area contributed by atoms with Gasteiger partial charge in [0.2, 0.25) is 0 Å². The summed E-state index contributed by atoms with van der Waals surface area (Å²) in [5.74, 6) is -0.115. The first-order valence-electron chi connectivity index (χ1n) is 15.0. The van der Waals surface area contributed by atoms with Gasteiger partial charge in [0, 0.05) is 12.0 Å². The second-order valence-corrected chi connectivity index (χ2v) is 12.6. The van der Waals surface area contributed by atoms with Gasteiger partial charge in [-0.3, -0.25) is 4.79 Å². The number of ether oxygens (including phenoxy) is 1. The molecule has 0 aliphatic carbocycles. The van der Waals surface area contributed by atoms with Crippen molar-refractivity contribution in [3.05, 3.63) is 148 Å². The molecule has 6 nitrogen and oxygen atoms in total. The van der Waals surface area contributed by atoms with Crippen molar-refractivity contribution < 1.29 is 18.7 Å². The van der Waals surface area contributed by atoms with E-state index < -0.39 is 28.6 Å². The van der Waals surface area contributed by atoms with Gasteiger partial charge in [-0.1, -0.05) is 108 Å². The monoisotopic (exact) mass is 597 g/mol. The zero-order valence-electron chi connectivity index (χ0n) is 26.1. The number of para-hydroxylation sites is 1. The Kier molecular flexibility index (Phi) is 7.53. The van der Waals surface area contributed by atoms with Crippen LogP contribution in [0.5, 0.6) is 0 Å². The molecule has 0 saturated carbocycles. The summed E-state index contributed by atoms with van der Waals surface area (Å²) in [6.07, 6.45) is -0.755. The van der Waals surface area contributed by atoms with Crippen LogP contribution < -0.4 is 10.5 Å². The molecule has 0 fully saturated rings. The van der Waals surface area contributed by atoms with Gasteiger partial charge in [-0.25, -0.2) is 14.5 Å². The van der Waals surface area contributed by atoms with Crippen LogP contribution in [0.25, 0.3) is 22.3 Å². The highest BCUT2D eigenvalue weighted by Gasteiger charge is 2.55. The fraction of sp³-hybridized carbons (Fsp3) is 0.205. The maximum absolute atomic E-state index is 15.0. The SMILES string of the molecule is Cc1cc(C)cc(C2(Cc3oc(=O)c(-c4ccccc4)cc3-c3ccccc3)C(=O)N(C(=O)OC(C)(C)C)c3ccccc32)c1. The van der Waals surface area contributed by atoms with Crippen molar-refractivity contribution in [2.45, 2.75) is 52.1 Å². The third-order valence-electron chi connectivity index (χ3n) is 8.08. The lowest BCUT2D eigenvalue weighted by Crippen LogP contribution is -2.47. The van der Waals surface area contributed by atoms with Crippen molar-refractivity contribution in [1.29, 1.82) is 0 Å². The van der Waals surface area contributed by atoms with Crippen LogP contribution in [0, 0.1) is 13.8 Å². The quantitative estimate of drug-likeness (QED) is 0.203. The maximum atomic E-state index is 15.0. The third kappa shape index (κ3) is 5.48. The molecule has 5 aromatic rings. The van der Waals surface area contributed by atoms with Crippen LogP contribution in [0.3, 0.4) is 0 Å². The van der Waals surface area contributed by atoms with E-state index in [1.54, 1.807) is 32.9 Å². The number of fused-ring (bicyclic) bond motifs is 1. The molecule has 0 saturated heterocycles. The molecule has 2 amide bonds. The molecule has 1 aromatic heterocycles. The molecule has 6 heteroatoms. The van der Waals surface area contributed by atoms with Gasteiger partial charge in [0.25, 0.3) is 5.91 Å². The zero-order valence-corrected chi connectivity index (χ0v) is 26.1. The van der Waals surface area contributed by atoms with Crippen molar-refractivity contribution >= 4 is 17.7 Å². The third-order valence-corrected chi connectivity index (χ3v) is 8.08. The molecular formula is C39H35NO5. The molecule has 0 N–H and O–H groups in total. The summed E-state index contributed by atoms with van der Waals surface area (Å²) >= 11 is 0. The van der Waals surface area contributed by atoms with Crippen molar-refractivity contribution in [3.8, 4) is 22.3 Å². The fourth-order valence-electron chi connectivity index (χ4n) is 6.27. The molecule has 0 bridgehead atoms. The number of amides is 2. The van der Waals surface area contributed by atoms with Crippen molar-refractivity contribution in [1.82, 2.24) is 0 Å². The minimum Gasteiger partial charge on any atom is -0.443 e. The molecule has 1 unspecified atom stereocenters. The van der Waals surface area contributed by atoms with E-state index in [-0.39, 0.29) is 6.42 Å². The molecule has 226 valence electrons. The standard InChI is InChI=1S/C39H35NO5/c1-25-20-26(2)22-29(21-25)39(32-18-12-13-19-33(32)40(36(39)42)37(43)45-38(3,4)5)24-34-30(27-14-8-6-9-15-27)23-31(35(41)44-34)28-16-10-7-11-17-28/h6-23H,24H2,1-5H3. The molecule has 45 heavy (non-hydrogen) atoms. The van der Waals surface area contributed by atoms with Crippen LogP contribution in [0.2, 0.25) is 0 Å². The van der Waals surface area contributed by atoms with Gasteiger partial charge >= 0.3 is 11.7 Å². The van der Waals surface area contributed by atoms with E-state index in [4.69, 9.17) is 9.15 Å². The van der Waals surface area contributed by atoms with Gasteiger partial charge in [-0.15, -0.1) is 0 Å². The predicted octanol–water partition coefficient (Wildman–Crippen LogP) is 8.40. The largest absolute Gasteiger partial charge is 0.443 e. The number of aryl methyl sites for hydroxylation is 2. The van der Waals surface area contributed by atoms with Gasteiger partial charge in [0.05, 0.1) is 11.3 Å². The number of imide groups is 1. The van der Waals surface area contributed by atoms with Crippen molar-refractivity contribution in [2.75, 3.05) is 4.90 Å². The van der Waals surface area contributed by atoms with Crippen molar-refractivity contribution in [3.63, 3.8) is 0 Å². The van der Waals surface area contributed by atoms with Crippen LogP contribution in [0.1, 0.15) is 48.8 Å². The Balaban J connectivity index is 1.63. The number of benzene rings is 4. The molecule has 4 aromatic carbocycles. The lowest BCUT2D eigenvalue weighted by atomic mass is 9.71. The fourth-order valence-corrected chi connectivity index (χ4v) is 6.27. The summed E-state index contributed by atoms with van der Waals surface area (Å²) in [6, 6.07) is 34.2. The Morgan fingerprint density at radius 1 is 0.756 bits per heavy atom.